The molecule has 0 aliphatic carbocycles. The van der Waals surface area contributed by atoms with Crippen molar-refractivity contribution in [1.29, 1.82) is 0 Å². The van der Waals surface area contributed by atoms with Gasteiger partial charge in [0.2, 0.25) is 0 Å². The smallest absolute Gasteiger partial charge is 0.123 e. The minimum atomic E-state index is 0.733. The zero-order valence-electron chi connectivity index (χ0n) is 8.14. The Morgan fingerprint density at radius 1 is 1.38 bits per heavy atom. The van der Waals surface area contributed by atoms with Crippen LogP contribution in [0.3, 0.4) is 0 Å². The molecule has 1 rings (SSSR count). The van der Waals surface area contributed by atoms with Crippen LogP contribution in [0.25, 0.3) is 0 Å². The molecule has 0 saturated carbocycles. The van der Waals surface area contributed by atoms with E-state index >= 15 is 0 Å². The van der Waals surface area contributed by atoms with Gasteiger partial charge in [0.05, 0.1) is 7.11 Å². The summed E-state index contributed by atoms with van der Waals surface area (Å²) < 4.78 is 5.24. The van der Waals surface area contributed by atoms with Crippen molar-refractivity contribution in [1.82, 2.24) is 0 Å². The molecular weight excluding hydrogens is 184 g/mol. The van der Waals surface area contributed by atoms with Gasteiger partial charge in [0, 0.05) is 5.02 Å². The van der Waals surface area contributed by atoms with E-state index in [0.29, 0.717) is 0 Å². The number of hydrogen-bond donors (Lipinski definition) is 0. The lowest BCUT2D eigenvalue weighted by Gasteiger charge is -2.07. The van der Waals surface area contributed by atoms with Crippen LogP contribution in [0.15, 0.2) is 18.2 Å². The zero-order valence-corrected chi connectivity index (χ0v) is 8.90. The highest BCUT2D eigenvalue weighted by Crippen LogP contribution is 2.24. The van der Waals surface area contributed by atoms with Crippen LogP contribution < -0.4 is 4.74 Å². The summed E-state index contributed by atoms with van der Waals surface area (Å²) in [7, 11) is 1.68. The Morgan fingerprint density at radius 2 is 2.15 bits per heavy atom. The van der Waals surface area contributed by atoms with E-state index in [0.717, 1.165) is 17.2 Å². The van der Waals surface area contributed by atoms with Gasteiger partial charge >= 0.3 is 0 Å². The highest BCUT2D eigenvalue weighted by atomic mass is 35.5. The monoisotopic (exact) mass is 198 g/mol. The molecule has 0 unspecified atom stereocenters. The molecule has 0 aliphatic heterocycles. The van der Waals surface area contributed by atoms with Gasteiger partial charge in [-0.25, -0.2) is 0 Å². The summed E-state index contributed by atoms with van der Waals surface area (Å²) >= 11 is 5.85. The van der Waals surface area contributed by atoms with Gasteiger partial charge in [-0.15, -0.1) is 0 Å². The summed E-state index contributed by atoms with van der Waals surface area (Å²) in [6.45, 7) is 2.18. The standard InChI is InChI=1S/C11H15ClO/c1-3-4-5-9-6-7-10(12)8-11(9)13-2/h6-8H,3-5H2,1-2H3. The Balaban J connectivity index is 2.79. The fraction of sp³-hybridized carbons (Fsp3) is 0.455. The second kappa shape index (κ2) is 5.13. The highest BCUT2D eigenvalue weighted by molar-refractivity contribution is 6.30. The Labute approximate surface area is 84.7 Å². The van der Waals surface area contributed by atoms with Gasteiger partial charge in [-0.3, -0.25) is 0 Å². The molecule has 0 aliphatic rings. The number of benzene rings is 1. The largest absolute Gasteiger partial charge is 0.496 e. The SMILES string of the molecule is CCCCc1ccc(Cl)cc1OC. The van der Waals surface area contributed by atoms with Crippen LogP contribution in [-0.2, 0) is 6.42 Å². The van der Waals surface area contributed by atoms with Crippen LogP contribution >= 0.6 is 11.6 Å². The summed E-state index contributed by atoms with van der Waals surface area (Å²) in [5.41, 5.74) is 1.24. The molecule has 72 valence electrons. The topological polar surface area (TPSA) is 9.23 Å². The second-order valence-electron chi connectivity index (χ2n) is 3.06. The van der Waals surface area contributed by atoms with Gasteiger partial charge in [0.15, 0.2) is 0 Å². The third-order valence-electron chi connectivity index (χ3n) is 2.05. The number of methoxy groups -OCH3 is 1. The molecule has 0 aromatic heterocycles. The first kappa shape index (κ1) is 10.4. The number of hydrogen-bond acceptors (Lipinski definition) is 1. The maximum atomic E-state index is 5.85. The third-order valence-corrected chi connectivity index (χ3v) is 2.28. The second-order valence-corrected chi connectivity index (χ2v) is 3.50. The van der Waals surface area contributed by atoms with Gasteiger partial charge < -0.3 is 4.74 Å². The average Bonchev–Trinajstić information content (AvgIpc) is 2.16. The van der Waals surface area contributed by atoms with E-state index < -0.39 is 0 Å². The summed E-state index contributed by atoms with van der Waals surface area (Å²) in [5, 5.41) is 0.733. The van der Waals surface area contributed by atoms with Crippen molar-refractivity contribution in [2.75, 3.05) is 7.11 Å². The van der Waals surface area contributed by atoms with Crippen molar-refractivity contribution in [2.24, 2.45) is 0 Å². The number of unbranched alkanes of at least 4 members (excludes halogenated alkanes) is 1. The number of aryl methyl sites for hydroxylation is 1. The Bertz CT molecular complexity index is 271. The van der Waals surface area contributed by atoms with E-state index in [-0.39, 0.29) is 0 Å². The first-order chi connectivity index (χ1) is 6.27. The van der Waals surface area contributed by atoms with Crippen LogP contribution in [0.2, 0.25) is 5.02 Å². The molecule has 0 heterocycles. The molecule has 1 aromatic carbocycles. The molecule has 2 heteroatoms. The average molecular weight is 199 g/mol. The summed E-state index contributed by atoms with van der Waals surface area (Å²) in [6.07, 6.45) is 3.46. The maximum absolute atomic E-state index is 5.85. The van der Waals surface area contributed by atoms with Crippen molar-refractivity contribution in [3.63, 3.8) is 0 Å². The van der Waals surface area contributed by atoms with Gasteiger partial charge in [-0.1, -0.05) is 31.0 Å². The lowest BCUT2D eigenvalue weighted by molar-refractivity contribution is 0.409. The molecular formula is C11H15ClO. The minimum absolute atomic E-state index is 0.733. The molecule has 0 radical (unpaired) electrons. The molecule has 0 spiro atoms. The lowest BCUT2D eigenvalue weighted by Crippen LogP contribution is -1.91. The normalized spacial score (nSPS) is 10.1. The van der Waals surface area contributed by atoms with Crippen molar-refractivity contribution in [2.45, 2.75) is 26.2 Å². The molecule has 0 amide bonds. The van der Waals surface area contributed by atoms with Crippen molar-refractivity contribution in [3.05, 3.63) is 28.8 Å². The van der Waals surface area contributed by atoms with Crippen molar-refractivity contribution >= 4 is 11.6 Å². The van der Waals surface area contributed by atoms with Crippen LogP contribution in [0, 0.1) is 0 Å². The Kier molecular flexibility index (Phi) is 4.10. The first-order valence-electron chi connectivity index (χ1n) is 4.60. The Hall–Kier alpha value is -0.690. The van der Waals surface area contributed by atoms with Gasteiger partial charge in [0.25, 0.3) is 0 Å². The summed E-state index contributed by atoms with van der Waals surface area (Å²) in [4.78, 5) is 0. The number of halogens is 1. The van der Waals surface area contributed by atoms with Gasteiger partial charge in [-0.2, -0.15) is 0 Å². The molecule has 0 bridgehead atoms. The molecule has 0 N–H and O–H groups in total. The zero-order chi connectivity index (χ0) is 9.68. The van der Waals surface area contributed by atoms with Crippen LogP contribution in [0.5, 0.6) is 5.75 Å². The quantitative estimate of drug-likeness (QED) is 0.717. The maximum Gasteiger partial charge on any atom is 0.123 e. The van der Waals surface area contributed by atoms with E-state index in [1.807, 2.05) is 18.2 Å². The van der Waals surface area contributed by atoms with Crippen LogP contribution in [0.4, 0.5) is 0 Å². The third kappa shape index (κ3) is 2.92. The van der Waals surface area contributed by atoms with E-state index in [2.05, 4.69) is 6.92 Å². The molecule has 1 nitrogen and oxygen atoms in total. The minimum Gasteiger partial charge on any atom is -0.496 e. The van der Waals surface area contributed by atoms with Gasteiger partial charge in [-0.05, 0) is 30.5 Å². The first-order valence-corrected chi connectivity index (χ1v) is 4.98. The van der Waals surface area contributed by atoms with E-state index in [1.165, 1.54) is 18.4 Å². The predicted molar refractivity (Wildman–Crippen MR) is 56.6 cm³/mol. The summed E-state index contributed by atoms with van der Waals surface area (Å²) in [6, 6.07) is 5.82. The van der Waals surface area contributed by atoms with E-state index in [1.54, 1.807) is 7.11 Å². The molecule has 1 aromatic rings. The molecule has 13 heavy (non-hydrogen) atoms. The predicted octanol–water partition coefficient (Wildman–Crippen LogP) is 3.69. The van der Waals surface area contributed by atoms with E-state index in [9.17, 15) is 0 Å². The van der Waals surface area contributed by atoms with Crippen LogP contribution in [-0.4, -0.2) is 7.11 Å². The fourth-order valence-electron chi connectivity index (χ4n) is 1.29. The number of rotatable bonds is 4. The lowest BCUT2D eigenvalue weighted by atomic mass is 10.1. The van der Waals surface area contributed by atoms with Crippen molar-refractivity contribution < 1.29 is 4.74 Å². The van der Waals surface area contributed by atoms with Gasteiger partial charge in [0.1, 0.15) is 5.75 Å². The molecule has 0 fully saturated rings. The number of ether oxygens (including phenoxy) is 1. The molecule has 0 saturated heterocycles. The molecule has 0 atom stereocenters. The van der Waals surface area contributed by atoms with Crippen LogP contribution in [0.1, 0.15) is 25.3 Å². The summed E-state index contributed by atoms with van der Waals surface area (Å²) in [5.74, 6) is 0.904. The highest BCUT2D eigenvalue weighted by Gasteiger charge is 2.02. The Morgan fingerprint density at radius 3 is 2.77 bits per heavy atom. The van der Waals surface area contributed by atoms with Crippen molar-refractivity contribution in [3.8, 4) is 5.75 Å². The van der Waals surface area contributed by atoms with E-state index in [4.69, 9.17) is 16.3 Å². The fourth-order valence-corrected chi connectivity index (χ4v) is 1.45.